The Hall–Kier alpha value is -2.02. The number of hydrazone groups is 1. The van der Waals surface area contributed by atoms with E-state index in [1.807, 2.05) is 36.4 Å². The lowest BCUT2D eigenvalue weighted by Crippen LogP contribution is -2.32. The lowest BCUT2D eigenvalue weighted by atomic mass is 10.2. The number of cyclic esters (lactones) is 1. The molecule has 0 radical (unpaired) electrons. The molecule has 1 amide bonds. The third kappa shape index (κ3) is 4.83. The first-order valence-electron chi connectivity index (χ1n) is 8.78. The molecule has 1 aromatic carbocycles. The number of nitrogens with zero attached hydrogens (tertiary/aromatic N) is 3. The zero-order chi connectivity index (χ0) is 17.9. The fourth-order valence-electron chi connectivity index (χ4n) is 3.27. The summed E-state index contributed by atoms with van der Waals surface area (Å²) in [5, 5.41) is 6.25. The van der Waals surface area contributed by atoms with Crippen molar-refractivity contribution in [2.24, 2.45) is 5.10 Å². The van der Waals surface area contributed by atoms with E-state index < -0.39 is 6.09 Å². The second-order valence-electron chi connectivity index (χ2n) is 6.55. The van der Waals surface area contributed by atoms with Crippen molar-refractivity contribution in [2.75, 3.05) is 26.2 Å². The second kappa shape index (κ2) is 8.78. The van der Waals surface area contributed by atoms with Gasteiger partial charge in [-0.2, -0.15) is 10.1 Å². The molecule has 2 aliphatic heterocycles. The van der Waals surface area contributed by atoms with Gasteiger partial charge in [-0.25, -0.2) is 4.79 Å². The van der Waals surface area contributed by atoms with Gasteiger partial charge in [0.25, 0.3) is 0 Å². The van der Waals surface area contributed by atoms with Crippen molar-refractivity contribution in [3.8, 4) is 11.3 Å². The van der Waals surface area contributed by atoms with Crippen molar-refractivity contribution in [3.63, 3.8) is 0 Å². The van der Waals surface area contributed by atoms with Gasteiger partial charge in [0.05, 0.1) is 12.8 Å². The molecule has 1 atom stereocenters. The van der Waals surface area contributed by atoms with Gasteiger partial charge in [0.2, 0.25) is 0 Å². The highest BCUT2D eigenvalue weighted by Gasteiger charge is 2.32. The Morgan fingerprint density at radius 1 is 1.15 bits per heavy atom. The smallest absolute Gasteiger partial charge is 0.430 e. The number of carbonyl (C=O) groups is 1. The number of halogens is 2. The fraction of sp³-hybridized carbons (Fsp3) is 0.368. The molecule has 8 heteroatoms. The minimum absolute atomic E-state index is 0. The maximum Gasteiger partial charge on any atom is 0.430 e. The van der Waals surface area contributed by atoms with Crippen LogP contribution in [0.5, 0.6) is 0 Å². The fourth-order valence-corrected chi connectivity index (χ4v) is 3.39. The molecule has 0 N–H and O–H groups in total. The van der Waals surface area contributed by atoms with Crippen LogP contribution in [0.25, 0.3) is 11.3 Å². The Morgan fingerprint density at radius 2 is 1.89 bits per heavy atom. The zero-order valence-corrected chi connectivity index (χ0v) is 16.3. The third-order valence-corrected chi connectivity index (χ3v) is 4.85. The van der Waals surface area contributed by atoms with E-state index in [-0.39, 0.29) is 18.5 Å². The van der Waals surface area contributed by atoms with E-state index in [1.165, 1.54) is 17.9 Å². The molecule has 0 aliphatic carbocycles. The molecule has 27 heavy (non-hydrogen) atoms. The Morgan fingerprint density at radius 3 is 2.63 bits per heavy atom. The van der Waals surface area contributed by atoms with Crippen molar-refractivity contribution >= 4 is 36.3 Å². The molecule has 4 rings (SSSR count). The molecule has 2 fully saturated rings. The molecule has 0 bridgehead atoms. The first kappa shape index (κ1) is 19.7. The lowest BCUT2D eigenvalue weighted by molar-refractivity contribution is 0.113. The van der Waals surface area contributed by atoms with Gasteiger partial charge in [0.1, 0.15) is 17.6 Å². The van der Waals surface area contributed by atoms with Gasteiger partial charge in [-0.3, -0.25) is 4.90 Å². The number of ether oxygens (including phenoxy) is 1. The van der Waals surface area contributed by atoms with Gasteiger partial charge < -0.3 is 9.15 Å². The molecule has 2 aromatic rings. The number of hydrogen-bond donors (Lipinski definition) is 0. The molecule has 2 aliphatic rings. The number of benzene rings is 1. The lowest BCUT2D eigenvalue weighted by Gasteiger charge is -2.17. The van der Waals surface area contributed by atoms with Crippen LogP contribution in [0.1, 0.15) is 18.6 Å². The summed E-state index contributed by atoms with van der Waals surface area (Å²) in [6.45, 7) is 3.41. The van der Waals surface area contributed by atoms with Gasteiger partial charge in [0, 0.05) is 17.1 Å². The molecule has 0 spiro atoms. The quantitative estimate of drug-likeness (QED) is 0.691. The summed E-state index contributed by atoms with van der Waals surface area (Å²) in [7, 11) is 0. The standard InChI is InChI=1S/C19H20ClN3O3.ClH/c20-15-5-3-14(4-6-15)18-8-7-16(25-18)11-21-23-13-17(26-19(23)24)12-22-9-1-2-10-22;/h3-8,11,17H,1-2,9-10,12-13H2;1H. The number of rotatable bonds is 5. The van der Waals surface area contributed by atoms with Crippen LogP contribution < -0.4 is 0 Å². The van der Waals surface area contributed by atoms with E-state index in [2.05, 4.69) is 10.0 Å². The average Bonchev–Trinajstić information content (AvgIpc) is 3.36. The van der Waals surface area contributed by atoms with Gasteiger partial charge in [-0.05, 0) is 62.3 Å². The molecule has 0 saturated carbocycles. The van der Waals surface area contributed by atoms with Crippen molar-refractivity contribution in [2.45, 2.75) is 18.9 Å². The van der Waals surface area contributed by atoms with E-state index in [0.29, 0.717) is 17.3 Å². The Labute approximate surface area is 169 Å². The number of amides is 1. The van der Waals surface area contributed by atoms with Gasteiger partial charge in [-0.15, -0.1) is 12.4 Å². The van der Waals surface area contributed by atoms with E-state index >= 15 is 0 Å². The summed E-state index contributed by atoms with van der Waals surface area (Å²) in [5.74, 6) is 1.30. The molecule has 1 unspecified atom stereocenters. The Balaban J connectivity index is 0.00000210. The molecule has 1 aromatic heterocycles. The molecule has 144 valence electrons. The first-order chi connectivity index (χ1) is 12.7. The maximum atomic E-state index is 12.0. The summed E-state index contributed by atoms with van der Waals surface area (Å²) in [4.78, 5) is 14.3. The zero-order valence-electron chi connectivity index (χ0n) is 14.7. The SMILES string of the molecule is Cl.O=C1OC(CN2CCCC2)CN1N=Cc1ccc(-c2ccc(Cl)cc2)o1. The summed E-state index contributed by atoms with van der Waals surface area (Å²) in [6, 6.07) is 11.1. The minimum Gasteiger partial charge on any atom is -0.455 e. The summed E-state index contributed by atoms with van der Waals surface area (Å²) >= 11 is 5.90. The topological polar surface area (TPSA) is 58.3 Å². The van der Waals surface area contributed by atoms with E-state index in [9.17, 15) is 4.79 Å². The second-order valence-corrected chi connectivity index (χ2v) is 6.99. The van der Waals surface area contributed by atoms with Crippen LogP contribution in [0.4, 0.5) is 4.79 Å². The van der Waals surface area contributed by atoms with Gasteiger partial charge in [-0.1, -0.05) is 11.6 Å². The van der Waals surface area contributed by atoms with Crippen LogP contribution in [-0.2, 0) is 4.74 Å². The highest BCUT2D eigenvalue weighted by Crippen LogP contribution is 2.23. The Kier molecular flexibility index (Phi) is 6.42. The normalized spacial score (nSPS) is 20.3. The Bertz CT molecular complexity index is 801. The van der Waals surface area contributed by atoms with Crippen molar-refractivity contribution < 1.29 is 13.9 Å². The van der Waals surface area contributed by atoms with E-state index in [1.54, 1.807) is 6.21 Å². The highest BCUT2D eigenvalue weighted by molar-refractivity contribution is 6.30. The van der Waals surface area contributed by atoms with Crippen LogP contribution in [0, 0.1) is 0 Å². The predicted molar refractivity (Wildman–Crippen MR) is 107 cm³/mol. The summed E-state index contributed by atoms with van der Waals surface area (Å²) in [5.41, 5.74) is 0.931. The van der Waals surface area contributed by atoms with Gasteiger partial charge >= 0.3 is 6.09 Å². The van der Waals surface area contributed by atoms with Crippen molar-refractivity contribution in [3.05, 3.63) is 47.2 Å². The maximum absolute atomic E-state index is 12.0. The number of carbonyl (C=O) groups excluding carboxylic acids is 1. The number of furan rings is 1. The molecule has 2 saturated heterocycles. The number of hydrogen-bond acceptors (Lipinski definition) is 5. The largest absolute Gasteiger partial charge is 0.455 e. The minimum atomic E-state index is -0.407. The molecule has 6 nitrogen and oxygen atoms in total. The predicted octanol–water partition coefficient (Wildman–Crippen LogP) is 4.27. The van der Waals surface area contributed by atoms with Crippen LogP contribution in [0.2, 0.25) is 5.02 Å². The van der Waals surface area contributed by atoms with Gasteiger partial charge in [0.15, 0.2) is 0 Å². The van der Waals surface area contributed by atoms with Crippen molar-refractivity contribution in [1.29, 1.82) is 0 Å². The van der Waals surface area contributed by atoms with Crippen LogP contribution in [-0.4, -0.2) is 54.5 Å². The van der Waals surface area contributed by atoms with Crippen LogP contribution in [0.15, 0.2) is 45.9 Å². The van der Waals surface area contributed by atoms with E-state index in [4.69, 9.17) is 20.8 Å². The first-order valence-corrected chi connectivity index (χ1v) is 9.15. The molecular weight excluding hydrogens is 389 g/mol. The number of likely N-dealkylation sites (tertiary alicyclic amines) is 1. The van der Waals surface area contributed by atoms with E-state index in [0.717, 1.165) is 31.0 Å². The van der Waals surface area contributed by atoms with Crippen molar-refractivity contribution in [1.82, 2.24) is 9.91 Å². The molecule has 3 heterocycles. The monoisotopic (exact) mass is 409 g/mol. The molecular formula is C19H21Cl2N3O3. The summed E-state index contributed by atoms with van der Waals surface area (Å²) in [6.07, 6.45) is 3.45. The van der Waals surface area contributed by atoms with Crippen LogP contribution >= 0.6 is 24.0 Å². The average molecular weight is 410 g/mol. The summed E-state index contributed by atoms with van der Waals surface area (Å²) < 4.78 is 11.2. The third-order valence-electron chi connectivity index (χ3n) is 4.60. The van der Waals surface area contributed by atoms with Crippen LogP contribution in [0.3, 0.4) is 0 Å². The highest BCUT2D eigenvalue weighted by atomic mass is 35.5.